The monoisotopic (exact) mass is 234 g/mol. The van der Waals surface area contributed by atoms with E-state index in [0.717, 1.165) is 11.5 Å². The van der Waals surface area contributed by atoms with E-state index < -0.39 is 0 Å². The van der Waals surface area contributed by atoms with Crippen LogP contribution < -0.4 is 10.6 Å². The van der Waals surface area contributed by atoms with Crippen molar-refractivity contribution in [1.82, 2.24) is 5.32 Å². The highest BCUT2D eigenvalue weighted by molar-refractivity contribution is 7.80. The van der Waals surface area contributed by atoms with E-state index in [0.29, 0.717) is 6.04 Å². The molecule has 1 saturated carbocycles. The molecule has 1 aromatic rings. The Labute approximate surface area is 102 Å². The predicted molar refractivity (Wildman–Crippen MR) is 72.9 cm³/mol. The highest BCUT2D eigenvalue weighted by Gasteiger charge is 2.22. The van der Waals surface area contributed by atoms with Crippen LogP contribution in [-0.2, 0) is 6.42 Å². The summed E-state index contributed by atoms with van der Waals surface area (Å²) in [6.45, 7) is 4.28. The molecule has 0 heterocycles. The number of hydrogen-bond acceptors (Lipinski definition) is 1. The van der Waals surface area contributed by atoms with Crippen LogP contribution in [0.3, 0.4) is 0 Å². The van der Waals surface area contributed by atoms with Crippen LogP contribution in [0.2, 0.25) is 0 Å². The van der Waals surface area contributed by atoms with E-state index in [1.807, 2.05) is 0 Å². The minimum Gasteiger partial charge on any atom is -0.360 e. The van der Waals surface area contributed by atoms with E-state index >= 15 is 0 Å². The van der Waals surface area contributed by atoms with E-state index in [4.69, 9.17) is 12.2 Å². The summed E-state index contributed by atoms with van der Waals surface area (Å²) in [6, 6.07) is 6.96. The lowest BCUT2D eigenvalue weighted by Gasteiger charge is -2.15. The van der Waals surface area contributed by atoms with Crippen molar-refractivity contribution in [3.05, 3.63) is 29.3 Å². The van der Waals surface area contributed by atoms with Crippen LogP contribution in [0.4, 0.5) is 5.69 Å². The van der Waals surface area contributed by atoms with Gasteiger partial charge in [0, 0.05) is 11.7 Å². The maximum absolute atomic E-state index is 5.30. The molecule has 2 nitrogen and oxygen atoms in total. The molecule has 0 radical (unpaired) electrons. The van der Waals surface area contributed by atoms with Gasteiger partial charge in [0.15, 0.2) is 5.11 Å². The van der Waals surface area contributed by atoms with Gasteiger partial charge in [-0.25, -0.2) is 0 Å². The van der Waals surface area contributed by atoms with Crippen LogP contribution in [0.1, 0.15) is 30.9 Å². The molecule has 0 aliphatic heterocycles. The lowest BCUT2D eigenvalue weighted by molar-refractivity contribution is 0.918. The van der Waals surface area contributed by atoms with Gasteiger partial charge in [-0.15, -0.1) is 0 Å². The maximum atomic E-state index is 5.30. The number of rotatable bonds is 3. The highest BCUT2D eigenvalue weighted by Crippen LogP contribution is 2.22. The summed E-state index contributed by atoms with van der Waals surface area (Å²) in [4.78, 5) is 0. The second-order valence-electron chi connectivity index (χ2n) is 4.34. The number of para-hydroxylation sites is 1. The summed E-state index contributed by atoms with van der Waals surface area (Å²) < 4.78 is 0. The Morgan fingerprint density at radius 2 is 2.19 bits per heavy atom. The average Bonchev–Trinajstić information content (AvgIpc) is 3.05. The van der Waals surface area contributed by atoms with Crippen molar-refractivity contribution >= 4 is 23.0 Å². The second-order valence-corrected chi connectivity index (χ2v) is 4.74. The van der Waals surface area contributed by atoms with Crippen LogP contribution in [-0.4, -0.2) is 11.2 Å². The average molecular weight is 234 g/mol. The van der Waals surface area contributed by atoms with Crippen LogP contribution in [0.5, 0.6) is 0 Å². The van der Waals surface area contributed by atoms with E-state index in [2.05, 4.69) is 42.7 Å². The molecule has 1 aliphatic carbocycles. The van der Waals surface area contributed by atoms with E-state index in [1.165, 1.54) is 29.7 Å². The number of benzene rings is 1. The minimum atomic E-state index is 0.606. The van der Waals surface area contributed by atoms with Crippen molar-refractivity contribution < 1.29 is 0 Å². The molecular weight excluding hydrogens is 216 g/mol. The molecule has 0 atom stereocenters. The molecule has 0 amide bonds. The molecule has 2 rings (SSSR count). The van der Waals surface area contributed by atoms with Crippen molar-refractivity contribution in [2.45, 2.75) is 39.2 Å². The van der Waals surface area contributed by atoms with Gasteiger partial charge < -0.3 is 10.6 Å². The first-order chi connectivity index (χ1) is 7.70. The molecule has 1 aromatic carbocycles. The Morgan fingerprint density at radius 1 is 1.44 bits per heavy atom. The Morgan fingerprint density at radius 3 is 2.81 bits per heavy atom. The van der Waals surface area contributed by atoms with Crippen molar-refractivity contribution in [3.63, 3.8) is 0 Å². The molecule has 0 spiro atoms. The van der Waals surface area contributed by atoms with E-state index in [-0.39, 0.29) is 0 Å². The van der Waals surface area contributed by atoms with Gasteiger partial charge in [-0.05, 0) is 49.5 Å². The highest BCUT2D eigenvalue weighted by atomic mass is 32.1. The van der Waals surface area contributed by atoms with Crippen LogP contribution >= 0.6 is 12.2 Å². The standard InChI is InChI=1S/C13H18N2S/c1-3-10-6-4-5-9(2)12(10)15-13(16)14-11-7-8-11/h4-6,11H,3,7-8H2,1-2H3,(H2,14,15,16). The minimum absolute atomic E-state index is 0.606. The predicted octanol–water partition coefficient (Wildman–Crippen LogP) is 3.01. The lowest BCUT2D eigenvalue weighted by atomic mass is 10.1. The molecule has 0 bridgehead atoms. The van der Waals surface area contributed by atoms with Gasteiger partial charge >= 0.3 is 0 Å². The second kappa shape index (κ2) is 4.83. The third-order valence-corrected chi connectivity index (χ3v) is 3.11. The molecule has 3 heteroatoms. The number of nitrogens with one attached hydrogen (secondary N) is 2. The molecule has 1 fully saturated rings. The first-order valence-electron chi connectivity index (χ1n) is 5.86. The Kier molecular flexibility index (Phi) is 3.44. The third-order valence-electron chi connectivity index (χ3n) is 2.89. The molecular formula is C13H18N2S. The molecule has 16 heavy (non-hydrogen) atoms. The zero-order valence-electron chi connectivity index (χ0n) is 9.84. The quantitative estimate of drug-likeness (QED) is 0.786. The fourth-order valence-electron chi connectivity index (χ4n) is 1.76. The summed E-state index contributed by atoms with van der Waals surface area (Å²) >= 11 is 5.30. The smallest absolute Gasteiger partial charge is 0.171 e. The first-order valence-corrected chi connectivity index (χ1v) is 6.27. The van der Waals surface area contributed by atoms with Crippen LogP contribution in [0, 0.1) is 6.92 Å². The number of hydrogen-bond donors (Lipinski definition) is 2. The van der Waals surface area contributed by atoms with Crippen molar-refractivity contribution in [1.29, 1.82) is 0 Å². The largest absolute Gasteiger partial charge is 0.360 e. The van der Waals surface area contributed by atoms with Crippen LogP contribution in [0.15, 0.2) is 18.2 Å². The first kappa shape index (κ1) is 11.4. The summed E-state index contributed by atoms with van der Waals surface area (Å²) in [6.07, 6.45) is 3.52. The van der Waals surface area contributed by atoms with Gasteiger partial charge in [0.25, 0.3) is 0 Å². The van der Waals surface area contributed by atoms with Gasteiger partial charge in [0.05, 0.1) is 0 Å². The normalized spacial score (nSPS) is 14.6. The number of thiocarbonyl (C=S) groups is 1. The Hall–Kier alpha value is -1.09. The number of aryl methyl sites for hydroxylation is 2. The van der Waals surface area contributed by atoms with Gasteiger partial charge in [-0.2, -0.15) is 0 Å². The fourth-order valence-corrected chi connectivity index (χ4v) is 2.03. The summed E-state index contributed by atoms with van der Waals surface area (Å²) in [5.41, 5.74) is 3.74. The Bertz CT molecular complexity index is 397. The molecule has 0 saturated heterocycles. The zero-order valence-corrected chi connectivity index (χ0v) is 10.7. The summed E-state index contributed by atoms with van der Waals surface area (Å²) in [7, 11) is 0. The summed E-state index contributed by atoms with van der Waals surface area (Å²) in [5.74, 6) is 0. The molecule has 2 N–H and O–H groups in total. The molecule has 0 unspecified atom stereocenters. The SMILES string of the molecule is CCc1cccc(C)c1NC(=S)NC1CC1. The topological polar surface area (TPSA) is 24.1 Å². The van der Waals surface area contributed by atoms with Gasteiger partial charge in [-0.3, -0.25) is 0 Å². The van der Waals surface area contributed by atoms with Crippen molar-refractivity contribution in [2.24, 2.45) is 0 Å². The molecule has 86 valence electrons. The van der Waals surface area contributed by atoms with Crippen molar-refractivity contribution in [2.75, 3.05) is 5.32 Å². The molecule has 1 aliphatic rings. The third kappa shape index (κ3) is 2.73. The molecule has 0 aromatic heterocycles. The van der Waals surface area contributed by atoms with E-state index in [1.54, 1.807) is 0 Å². The van der Waals surface area contributed by atoms with Gasteiger partial charge in [-0.1, -0.05) is 25.1 Å². The van der Waals surface area contributed by atoms with Crippen LogP contribution in [0.25, 0.3) is 0 Å². The lowest BCUT2D eigenvalue weighted by Crippen LogP contribution is -2.30. The summed E-state index contributed by atoms with van der Waals surface area (Å²) in [5, 5.41) is 7.38. The van der Waals surface area contributed by atoms with E-state index in [9.17, 15) is 0 Å². The number of anilines is 1. The maximum Gasteiger partial charge on any atom is 0.171 e. The van der Waals surface area contributed by atoms with Crippen molar-refractivity contribution in [3.8, 4) is 0 Å². The van der Waals surface area contributed by atoms with Gasteiger partial charge in [0.1, 0.15) is 0 Å². The zero-order chi connectivity index (χ0) is 11.5. The fraction of sp³-hybridized carbons (Fsp3) is 0.462. The Balaban J connectivity index is 2.09. The van der Waals surface area contributed by atoms with Gasteiger partial charge in [0.2, 0.25) is 0 Å².